The maximum atomic E-state index is 12.3. The van der Waals surface area contributed by atoms with E-state index in [1.54, 1.807) is 24.5 Å². The fraction of sp³-hybridized carbons (Fsp3) is 0.222. The number of rotatable bonds is 8. The molecule has 3 rings (SSSR count). The van der Waals surface area contributed by atoms with Gasteiger partial charge in [-0.2, -0.15) is 0 Å². The average molecular weight is 390 g/mol. The number of thiazole rings is 1. The zero-order valence-electron chi connectivity index (χ0n) is 14.3. The second-order valence-corrected chi connectivity index (χ2v) is 8.12. The van der Waals surface area contributed by atoms with E-state index >= 15 is 0 Å². The molecule has 1 aromatic carbocycles. The topological polar surface area (TPSA) is 81.2 Å². The van der Waals surface area contributed by atoms with Gasteiger partial charge in [0.05, 0.1) is 22.2 Å². The summed E-state index contributed by atoms with van der Waals surface area (Å²) < 4.78 is 32.6. The molecule has 26 heavy (non-hydrogen) atoms. The van der Waals surface area contributed by atoms with E-state index < -0.39 is 10.0 Å². The summed E-state index contributed by atoms with van der Waals surface area (Å²) in [5.74, 6) is 0.651. The normalized spacial score (nSPS) is 11.4. The second kappa shape index (κ2) is 8.39. The Bertz CT molecular complexity index is 939. The summed E-state index contributed by atoms with van der Waals surface area (Å²) in [6, 6.07) is 10.2. The molecular formula is C18H19N3O3S2. The van der Waals surface area contributed by atoms with Crippen molar-refractivity contribution < 1.29 is 13.2 Å². The largest absolute Gasteiger partial charge is 0.494 e. The third-order valence-electron chi connectivity index (χ3n) is 3.60. The van der Waals surface area contributed by atoms with Gasteiger partial charge in [0, 0.05) is 36.3 Å². The Morgan fingerprint density at radius 2 is 1.85 bits per heavy atom. The van der Waals surface area contributed by atoms with Crippen LogP contribution in [0.1, 0.15) is 11.9 Å². The Labute approximate surface area is 157 Å². The van der Waals surface area contributed by atoms with Gasteiger partial charge >= 0.3 is 0 Å². The summed E-state index contributed by atoms with van der Waals surface area (Å²) >= 11 is 1.52. The van der Waals surface area contributed by atoms with E-state index in [0.29, 0.717) is 25.3 Å². The maximum Gasteiger partial charge on any atom is 0.240 e. The van der Waals surface area contributed by atoms with E-state index in [2.05, 4.69) is 14.7 Å². The van der Waals surface area contributed by atoms with Crippen molar-refractivity contribution in [1.82, 2.24) is 14.7 Å². The first-order valence-corrected chi connectivity index (χ1v) is 10.5. The smallest absolute Gasteiger partial charge is 0.240 e. The molecule has 8 heteroatoms. The van der Waals surface area contributed by atoms with E-state index in [4.69, 9.17) is 4.74 Å². The van der Waals surface area contributed by atoms with Gasteiger partial charge in [-0.05, 0) is 43.3 Å². The van der Waals surface area contributed by atoms with Gasteiger partial charge < -0.3 is 4.74 Å². The Balaban J connectivity index is 1.58. The number of nitrogens with one attached hydrogen (secondary N) is 1. The fourth-order valence-corrected chi connectivity index (χ4v) is 4.18. The first kappa shape index (κ1) is 18.5. The standard InChI is InChI=1S/C18H19N3O3S2/c1-2-24-15-3-5-16(6-4-15)26(22,23)20-12-9-18-21-17(13-25-18)14-7-10-19-11-8-14/h3-8,10-11,13,20H,2,9,12H2,1H3. The zero-order chi connectivity index (χ0) is 18.4. The molecule has 0 aliphatic carbocycles. The Hall–Kier alpha value is -2.29. The van der Waals surface area contributed by atoms with E-state index in [9.17, 15) is 8.42 Å². The summed E-state index contributed by atoms with van der Waals surface area (Å²) in [6.07, 6.45) is 3.98. The van der Waals surface area contributed by atoms with Crippen molar-refractivity contribution in [1.29, 1.82) is 0 Å². The predicted octanol–water partition coefficient (Wildman–Crippen LogP) is 3.12. The maximum absolute atomic E-state index is 12.3. The Kier molecular flexibility index (Phi) is 5.97. The Morgan fingerprint density at radius 1 is 1.12 bits per heavy atom. The number of hydrogen-bond donors (Lipinski definition) is 1. The zero-order valence-corrected chi connectivity index (χ0v) is 15.9. The first-order valence-electron chi connectivity index (χ1n) is 8.16. The van der Waals surface area contributed by atoms with Crippen LogP contribution in [0.5, 0.6) is 5.75 Å². The van der Waals surface area contributed by atoms with Crippen LogP contribution in [-0.2, 0) is 16.4 Å². The molecule has 6 nitrogen and oxygen atoms in total. The van der Waals surface area contributed by atoms with Crippen LogP contribution in [0.3, 0.4) is 0 Å². The predicted molar refractivity (Wildman–Crippen MR) is 102 cm³/mol. The first-order chi connectivity index (χ1) is 12.6. The molecule has 0 radical (unpaired) electrons. The van der Waals surface area contributed by atoms with E-state index in [0.717, 1.165) is 16.3 Å². The highest BCUT2D eigenvalue weighted by molar-refractivity contribution is 7.89. The molecule has 0 amide bonds. The molecule has 0 atom stereocenters. The van der Waals surface area contributed by atoms with Gasteiger partial charge in [-0.1, -0.05) is 0 Å². The number of pyridine rings is 1. The lowest BCUT2D eigenvalue weighted by molar-refractivity contribution is 0.340. The molecule has 1 N–H and O–H groups in total. The minimum atomic E-state index is -3.54. The number of ether oxygens (including phenoxy) is 1. The van der Waals surface area contributed by atoms with Gasteiger partial charge in [0.2, 0.25) is 10.0 Å². The molecule has 0 unspecified atom stereocenters. The summed E-state index contributed by atoms with van der Waals surface area (Å²) in [5, 5.41) is 2.84. The van der Waals surface area contributed by atoms with Crippen molar-refractivity contribution in [3.05, 3.63) is 59.2 Å². The van der Waals surface area contributed by atoms with Crippen LogP contribution >= 0.6 is 11.3 Å². The van der Waals surface area contributed by atoms with Crippen LogP contribution in [0.25, 0.3) is 11.3 Å². The highest BCUT2D eigenvalue weighted by atomic mass is 32.2. The van der Waals surface area contributed by atoms with E-state index in [1.165, 1.54) is 23.5 Å². The van der Waals surface area contributed by atoms with Gasteiger partial charge in [0.25, 0.3) is 0 Å². The van der Waals surface area contributed by atoms with Gasteiger partial charge in [-0.3, -0.25) is 4.98 Å². The summed E-state index contributed by atoms with van der Waals surface area (Å²) in [7, 11) is -3.54. The van der Waals surface area contributed by atoms with Crippen molar-refractivity contribution in [3.8, 4) is 17.0 Å². The third kappa shape index (κ3) is 4.66. The van der Waals surface area contributed by atoms with Crippen molar-refractivity contribution in [2.75, 3.05) is 13.2 Å². The fourth-order valence-electron chi connectivity index (χ4n) is 2.34. The van der Waals surface area contributed by atoms with Gasteiger partial charge in [0.1, 0.15) is 5.75 Å². The number of benzene rings is 1. The molecule has 136 valence electrons. The molecule has 2 heterocycles. The van der Waals surface area contributed by atoms with Crippen LogP contribution in [0.15, 0.2) is 59.1 Å². The molecule has 0 saturated carbocycles. The lowest BCUT2D eigenvalue weighted by atomic mass is 10.2. The lowest BCUT2D eigenvalue weighted by Crippen LogP contribution is -2.25. The molecule has 2 aromatic heterocycles. The number of aromatic nitrogens is 2. The molecule has 3 aromatic rings. The molecule has 0 saturated heterocycles. The van der Waals surface area contributed by atoms with Crippen molar-refractivity contribution >= 4 is 21.4 Å². The minimum absolute atomic E-state index is 0.220. The Morgan fingerprint density at radius 3 is 2.54 bits per heavy atom. The van der Waals surface area contributed by atoms with Crippen LogP contribution in [0, 0.1) is 0 Å². The van der Waals surface area contributed by atoms with Crippen LogP contribution in [0.4, 0.5) is 0 Å². The highest BCUT2D eigenvalue weighted by Crippen LogP contribution is 2.21. The van der Waals surface area contributed by atoms with Gasteiger partial charge in [-0.25, -0.2) is 18.1 Å². The SMILES string of the molecule is CCOc1ccc(S(=O)(=O)NCCc2nc(-c3ccncc3)cs2)cc1. The van der Waals surface area contributed by atoms with Gasteiger partial charge in [-0.15, -0.1) is 11.3 Å². The summed E-state index contributed by atoms with van der Waals surface area (Å²) in [6.45, 7) is 2.71. The minimum Gasteiger partial charge on any atom is -0.494 e. The van der Waals surface area contributed by atoms with Crippen molar-refractivity contribution in [2.24, 2.45) is 0 Å². The summed E-state index contributed by atoms with van der Waals surface area (Å²) in [4.78, 5) is 8.75. The van der Waals surface area contributed by atoms with E-state index in [1.807, 2.05) is 24.4 Å². The quantitative estimate of drug-likeness (QED) is 0.640. The van der Waals surface area contributed by atoms with Crippen LogP contribution < -0.4 is 9.46 Å². The lowest BCUT2D eigenvalue weighted by Gasteiger charge is -2.07. The molecule has 0 fully saturated rings. The molecule has 0 aliphatic heterocycles. The average Bonchev–Trinajstić information content (AvgIpc) is 3.12. The molecular weight excluding hydrogens is 370 g/mol. The summed E-state index contributed by atoms with van der Waals surface area (Å²) in [5.41, 5.74) is 1.87. The second-order valence-electron chi connectivity index (χ2n) is 5.41. The van der Waals surface area contributed by atoms with Crippen molar-refractivity contribution in [2.45, 2.75) is 18.2 Å². The highest BCUT2D eigenvalue weighted by Gasteiger charge is 2.14. The van der Waals surface area contributed by atoms with E-state index in [-0.39, 0.29) is 4.90 Å². The molecule has 0 spiro atoms. The number of nitrogens with zero attached hydrogens (tertiary/aromatic N) is 2. The number of hydrogen-bond acceptors (Lipinski definition) is 6. The van der Waals surface area contributed by atoms with Crippen molar-refractivity contribution in [3.63, 3.8) is 0 Å². The van der Waals surface area contributed by atoms with Crippen LogP contribution in [-0.4, -0.2) is 31.5 Å². The number of sulfonamides is 1. The molecule has 0 bridgehead atoms. The van der Waals surface area contributed by atoms with Gasteiger partial charge in [0.15, 0.2) is 0 Å². The van der Waals surface area contributed by atoms with Crippen LogP contribution in [0.2, 0.25) is 0 Å². The third-order valence-corrected chi connectivity index (χ3v) is 5.99. The molecule has 0 aliphatic rings. The monoisotopic (exact) mass is 389 g/mol.